The van der Waals surface area contributed by atoms with Crippen LogP contribution in [0.15, 0.2) is 54.9 Å². The first kappa shape index (κ1) is 27.0. The molecule has 0 bridgehead atoms. The molecule has 0 spiro atoms. The minimum atomic E-state index is -0.398. The van der Waals surface area contributed by atoms with Gasteiger partial charge in [0, 0.05) is 42.7 Å². The Morgan fingerprint density at radius 1 is 1.00 bits per heavy atom. The van der Waals surface area contributed by atoms with E-state index >= 15 is 0 Å². The van der Waals surface area contributed by atoms with Gasteiger partial charge in [-0.25, -0.2) is 9.97 Å². The maximum atomic E-state index is 13.9. The molecule has 2 aromatic heterocycles. The molecule has 3 heterocycles. The van der Waals surface area contributed by atoms with Crippen molar-refractivity contribution in [3.63, 3.8) is 0 Å². The number of aromatic nitrogens is 4. The second-order valence-corrected chi connectivity index (χ2v) is 12.0. The topological polar surface area (TPSA) is 98.1 Å². The first-order valence-corrected chi connectivity index (χ1v) is 14.3. The lowest BCUT2D eigenvalue weighted by molar-refractivity contribution is -0.139. The van der Waals surface area contributed by atoms with Crippen LogP contribution in [-0.2, 0) is 22.6 Å². The summed E-state index contributed by atoms with van der Waals surface area (Å²) in [7, 11) is 0. The van der Waals surface area contributed by atoms with Crippen LogP contribution in [-0.4, -0.2) is 54.2 Å². The summed E-state index contributed by atoms with van der Waals surface area (Å²) in [4.78, 5) is 50.3. The molecule has 2 aliphatic rings. The van der Waals surface area contributed by atoms with E-state index < -0.39 is 6.04 Å². The van der Waals surface area contributed by atoms with Gasteiger partial charge in [-0.2, -0.15) is 5.10 Å². The predicted molar refractivity (Wildman–Crippen MR) is 156 cm³/mol. The van der Waals surface area contributed by atoms with Crippen molar-refractivity contribution in [1.82, 2.24) is 24.6 Å². The summed E-state index contributed by atoms with van der Waals surface area (Å²) in [5.74, 6) is 0.537. The second-order valence-electron chi connectivity index (χ2n) is 12.0. The van der Waals surface area contributed by atoms with Crippen LogP contribution >= 0.6 is 0 Å². The number of amides is 1. The summed E-state index contributed by atoms with van der Waals surface area (Å²) in [6.07, 6.45) is 7.23. The number of piperidine rings is 1. The second kappa shape index (κ2) is 10.3. The van der Waals surface area contributed by atoms with Gasteiger partial charge >= 0.3 is 0 Å². The van der Waals surface area contributed by atoms with Crippen molar-refractivity contribution in [3.8, 4) is 11.1 Å². The van der Waals surface area contributed by atoms with Crippen LogP contribution in [0.5, 0.6) is 0 Å². The fourth-order valence-electron chi connectivity index (χ4n) is 6.51. The highest BCUT2D eigenvalue weighted by Gasteiger charge is 2.64. The molecular weight excluding hydrogens is 514 g/mol. The molecule has 41 heavy (non-hydrogen) atoms. The molecule has 2 aromatic carbocycles. The number of hydrogen-bond donors (Lipinski definition) is 0. The van der Waals surface area contributed by atoms with Gasteiger partial charge in [0.2, 0.25) is 5.91 Å². The molecule has 1 amide bonds. The highest BCUT2D eigenvalue weighted by Crippen LogP contribution is 2.59. The number of hydrogen-bond acceptors (Lipinski definition) is 6. The Bertz CT molecular complexity index is 1660. The quantitative estimate of drug-likeness (QED) is 0.263. The number of fused-ring (bicyclic) bond motifs is 2. The first-order chi connectivity index (χ1) is 19.6. The number of aryl methyl sites for hydroxylation is 3. The van der Waals surface area contributed by atoms with Gasteiger partial charge in [-0.15, -0.1) is 0 Å². The summed E-state index contributed by atoms with van der Waals surface area (Å²) >= 11 is 0. The molecule has 3 atom stereocenters. The van der Waals surface area contributed by atoms with Crippen LogP contribution in [0.25, 0.3) is 22.0 Å². The summed E-state index contributed by atoms with van der Waals surface area (Å²) < 4.78 is 1.65. The van der Waals surface area contributed by atoms with E-state index in [1.165, 1.54) is 12.5 Å². The Morgan fingerprint density at radius 2 is 1.73 bits per heavy atom. The van der Waals surface area contributed by atoms with Crippen molar-refractivity contribution in [3.05, 3.63) is 77.5 Å². The zero-order chi connectivity index (χ0) is 28.9. The lowest BCUT2D eigenvalue weighted by Gasteiger charge is -2.27. The van der Waals surface area contributed by atoms with E-state index in [9.17, 15) is 14.4 Å². The van der Waals surface area contributed by atoms with Crippen molar-refractivity contribution in [2.75, 3.05) is 0 Å². The molecule has 8 heteroatoms. The van der Waals surface area contributed by atoms with E-state index in [-0.39, 0.29) is 35.5 Å². The third-order valence-corrected chi connectivity index (χ3v) is 8.79. The zero-order valence-electron chi connectivity index (χ0n) is 24.1. The van der Waals surface area contributed by atoms with Gasteiger partial charge in [-0.05, 0) is 73.8 Å². The number of Topliss-reactive ketones (excluding diaryl/α,β-unsaturated/α-hetero) is 2. The van der Waals surface area contributed by atoms with Crippen LogP contribution in [0, 0.1) is 19.3 Å². The normalized spacial score (nSPS) is 21.2. The number of likely N-dealkylation sites (tertiary alicyclic amines) is 1. The van der Waals surface area contributed by atoms with E-state index in [4.69, 9.17) is 0 Å². The van der Waals surface area contributed by atoms with Crippen molar-refractivity contribution in [1.29, 1.82) is 0 Å². The van der Waals surface area contributed by atoms with Gasteiger partial charge < -0.3 is 4.90 Å². The standard InChI is InChI=1S/C33H35N5O3/c1-20-13-24(25-17-34-22(3)35-18-25)14-26-31(21(2)39)36-37(32(20)26)19-30(41)38-27(15-33(4)16-29(33)38)28(40)12-8-11-23-9-6-5-7-10-23/h5-7,9-10,13-14,17-18,27,29H,8,11-12,15-16,19H2,1-4H3/t27-,29+,33-/m0/s1. The van der Waals surface area contributed by atoms with Crippen molar-refractivity contribution in [2.45, 2.75) is 78.4 Å². The number of carbonyl (C=O) groups excluding carboxylic acids is 3. The highest BCUT2D eigenvalue weighted by atomic mass is 16.2. The fraction of sp³-hybridized carbons (Fsp3) is 0.394. The Balaban J connectivity index is 1.25. The maximum Gasteiger partial charge on any atom is 0.245 e. The lowest BCUT2D eigenvalue weighted by atomic mass is 9.96. The number of carbonyl (C=O) groups is 3. The zero-order valence-corrected chi connectivity index (χ0v) is 24.1. The van der Waals surface area contributed by atoms with Gasteiger partial charge in [0.1, 0.15) is 18.1 Å². The monoisotopic (exact) mass is 549 g/mol. The average Bonchev–Trinajstić information content (AvgIpc) is 3.30. The van der Waals surface area contributed by atoms with Crippen LogP contribution in [0.3, 0.4) is 0 Å². The van der Waals surface area contributed by atoms with E-state index in [2.05, 4.69) is 34.1 Å². The Kier molecular flexibility index (Phi) is 6.80. The van der Waals surface area contributed by atoms with Crippen LogP contribution < -0.4 is 0 Å². The van der Waals surface area contributed by atoms with Crippen LogP contribution in [0.1, 0.15) is 67.0 Å². The van der Waals surface area contributed by atoms with Gasteiger partial charge in [0.15, 0.2) is 11.6 Å². The van der Waals surface area contributed by atoms with Crippen LogP contribution in [0.4, 0.5) is 0 Å². The molecule has 6 rings (SSSR count). The highest BCUT2D eigenvalue weighted by molar-refractivity contribution is 6.07. The molecule has 1 saturated carbocycles. The van der Waals surface area contributed by atoms with E-state index in [0.717, 1.165) is 41.5 Å². The molecule has 8 nitrogen and oxygen atoms in total. The fourth-order valence-corrected chi connectivity index (χ4v) is 6.51. The summed E-state index contributed by atoms with van der Waals surface area (Å²) in [5, 5.41) is 5.32. The SMILES string of the molecule is CC(=O)c1nn(CC(=O)N2[C@H](C(=O)CCCc3ccccc3)C[C@@]3(C)C[C@@H]23)c2c(C)cc(-c3cnc(C)nc3)cc12. The van der Waals surface area contributed by atoms with Crippen molar-refractivity contribution >= 4 is 28.4 Å². The molecule has 0 N–H and O–H groups in total. The van der Waals surface area contributed by atoms with Crippen molar-refractivity contribution in [2.24, 2.45) is 5.41 Å². The van der Waals surface area contributed by atoms with E-state index in [0.29, 0.717) is 29.7 Å². The number of ketones is 2. The summed E-state index contributed by atoms with van der Waals surface area (Å²) in [6.45, 7) is 7.44. The first-order valence-electron chi connectivity index (χ1n) is 14.3. The molecule has 0 unspecified atom stereocenters. The lowest BCUT2D eigenvalue weighted by Crippen LogP contribution is -2.44. The molecular formula is C33H35N5O3. The molecule has 4 aromatic rings. The predicted octanol–water partition coefficient (Wildman–Crippen LogP) is 5.28. The smallest absolute Gasteiger partial charge is 0.245 e. The Morgan fingerprint density at radius 3 is 2.44 bits per heavy atom. The molecule has 1 aliphatic carbocycles. The molecule has 210 valence electrons. The maximum absolute atomic E-state index is 13.9. The minimum absolute atomic E-state index is 0.00702. The molecule has 2 fully saturated rings. The van der Waals surface area contributed by atoms with Gasteiger partial charge in [-0.3, -0.25) is 19.1 Å². The summed E-state index contributed by atoms with van der Waals surface area (Å²) in [6, 6.07) is 13.8. The Hall–Kier alpha value is -4.20. The van der Waals surface area contributed by atoms with Gasteiger partial charge in [0.05, 0.1) is 11.6 Å². The van der Waals surface area contributed by atoms with E-state index in [1.807, 2.05) is 49.1 Å². The largest absolute Gasteiger partial charge is 0.327 e. The third-order valence-electron chi connectivity index (χ3n) is 8.79. The molecule has 1 saturated heterocycles. The van der Waals surface area contributed by atoms with Gasteiger partial charge in [-0.1, -0.05) is 37.3 Å². The Labute approximate surface area is 239 Å². The number of nitrogens with zero attached hydrogens (tertiary/aromatic N) is 5. The van der Waals surface area contributed by atoms with Crippen molar-refractivity contribution < 1.29 is 14.4 Å². The summed E-state index contributed by atoms with van der Waals surface area (Å²) in [5.41, 5.74) is 4.94. The molecule has 0 radical (unpaired) electrons. The number of benzene rings is 2. The third kappa shape index (κ3) is 5.07. The number of rotatable bonds is 9. The minimum Gasteiger partial charge on any atom is -0.327 e. The van der Waals surface area contributed by atoms with E-state index in [1.54, 1.807) is 17.1 Å². The van der Waals surface area contributed by atoms with Gasteiger partial charge in [0.25, 0.3) is 0 Å². The molecule has 1 aliphatic heterocycles. The van der Waals surface area contributed by atoms with Crippen LogP contribution in [0.2, 0.25) is 0 Å². The average molecular weight is 550 g/mol.